The molecule has 1 fully saturated rings. The molecule has 2 rings (SSSR count). The third-order valence-electron chi connectivity index (χ3n) is 3.30. The van der Waals surface area contributed by atoms with E-state index < -0.39 is 0 Å². The van der Waals surface area contributed by atoms with E-state index in [1.807, 2.05) is 0 Å². The molecule has 0 spiro atoms. The number of nitrogens with zero attached hydrogens (tertiary/aromatic N) is 3. The van der Waals surface area contributed by atoms with Crippen molar-refractivity contribution in [2.75, 3.05) is 46.3 Å². The first kappa shape index (κ1) is 13.8. The lowest BCUT2D eigenvalue weighted by Crippen LogP contribution is -2.46. The number of carbonyl (C=O) groups excluding carboxylic acids is 1. The van der Waals surface area contributed by atoms with Crippen LogP contribution in [-0.4, -0.2) is 72.1 Å². The molecular formula is C13H20N4O2. The van der Waals surface area contributed by atoms with E-state index in [1.54, 1.807) is 18.0 Å². The second-order valence-electron chi connectivity index (χ2n) is 4.69. The SMILES string of the molecule is CN(CCN1CCNCC1)C(=O)c1ncccc1O. The molecular weight excluding hydrogens is 244 g/mol. The van der Waals surface area contributed by atoms with Crippen LogP contribution in [0.15, 0.2) is 18.3 Å². The fourth-order valence-electron chi connectivity index (χ4n) is 2.07. The molecule has 6 nitrogen and oxygen atoms in total. The molecule has 1 saturated heterocycles. The number of likely N-dealkylation sites (N-methyl/N-ethyl adjacent to an activating group) is 1. The van der Waals surface area contributed by atoms with Gasteiger partial charge < -0.3 is 15.3 Å². The number of rotatable bonds is 4. The van der Waals surface area contributed by atoms with Gasteiger partial charge in [-0.25, -0.2) is 4.98 Å². The molecule has 1 aliphatic heterocycles. The summed E-state index contributed by atoms with van der Waals surface area (Å²) in [6.45, 7) is 5.50. The van der Waals surface area contributed by atoms with E-state index in [2.05, 4.69) is 15.2 Å². The van der Waals surface area contributed by atoms with Crippen LogP contribution in [0.1, 0.15) is 10.5 Å². The first-order chi connectivity index (χ1) is 9.18. The number of nitrogens with one attached hydrogen (secondary N) is 1. The summed E-state index contributed by atoms with van der Waals surface area (Å²) < 4.78 is 0. The van der Waals surface area contributed by atoms with Gasteiger partial charge in [-0.15, -0.1) is 0 Å². The zero-order chi connectivity index (χ0) is 13.7. The van der Waals surface area contributed by atoms with Gasteiger partial charge in [0.15, 0.2) is 5.69 Å². The molecule has 0 atom stereocenters. The summed E-state index contributed by atoms with van der Waals surface area (Å²) >= 11 is 0. The van der Waals surface area contributed by atoms with E-state index in [-0.39, 0.29) is 17.4 Å². The highest BCUT2D eigenvalue weighted by molar-refractivity contribution is 5.94. The Hall–Kier alpha value is -1.66. The van der Waals surface area contributed by atoms with Gasteiger partial charge >= 0.3 is 0 Å². The Kier molecular flexibility index (Phi) is 4.70. The zero-order valence-electron chi connectivity index (χ0n) is 11.2. The Morgan fingerprint density at radius 3 is 2.95 bits per heavy atom. The molecule has 0 bridgehead atoms. The molecule has 0 radical (unpaired) electrons. The number of pyridine rings is 1. The molecule has 19 heavy (non-hydrogen) atoms. The van der Waals surface area contributed by atoms with Gasteiger partial charge in [0.25, 0.3) is 5.91 Å². The molecule has 0 saturated carbocycles. The van der Waals surface area contributed by atoms with Crippen molar-refractivity contribution in [3.05, 3.63) is 24.0 Å². The van der Waals surface area contributed by atoms with Crippen molar-refractivity contribution in [3.63, 3.8) is 0 Å². The lowest BCUT2D eigenvalue weighted by atomic mass is 10.3. The van der Waals surface area contributed by atoms with Crippen LogP contribution in [0.5, 0.6) is 5.75 Å². The number of piperazine rings is 1. The fraction of sp³-hybridized carbons (Fsp3) is 0.538. The van der Waals surface area contributed by atoms with Crippen LogP contribution in [0.2, 0.25) is 0 Å². The zero-order valence-corrected chi connectivity index (χ0v) is 11.2. The van der Waals surface area contributed by atoms with Crippen molar-refractivity contribution in [1.29, 1.82) is 0 Å². The number of hydrogen-bond donors (Lipinski definition) is 2. The molecule has 0 aromatic carbocycles. The van der Waals surface area contributed by atoms with Gasteiger partial charge in [-0.1, -0.05) is 0 Å². The van der Waals surface area contributed by atoms with E-state index >= 15 is 0 Å². The van der Waals surface area contributed by atoms with Crippen LogP contribution >= 0.6 is 0 Å². The maximum Gasteiger partial charge on any atom is 0.276 e. The fourth-order valence-corrected chi connectivity index (χ4v) is 2.07. The summed E-state index contributed by atoms with van der Waals surface area (Å²) in [6, 6.07) is 3.08. The predicted molar refractivity (Wildman–Crippen MR) is 72.2 cm³/mol. The third-order valence-corrected chi connectivity index (χ3v) is 3.30. The molecule has 1 aliphatic rings. The summed E-state index contributed by atoms with van der Waals surface area (Å²) in [4.78, 5) is 20.0. The molecule has 1 aromatic rings. The number of amides is 1. The van der Waals surface area contributed by atoms with Crippen molar-refractivity contribution in [2.45, 2.75) is 0 Å². The van der Waals surface area contributed by atoms with Crippen molar-refractivity contribution in [3.8, 4) is 5.75 Å². The standard InChI is InChI=1S/C13H20N4O2/c1-16(9-10-17-7-5-14-6-8-17)13(19)12-11(18)3-2-4-15-12/h2-4,14,18H,5-10H2,1H3. The highest BCUT2D eigenvalue weighted by Crippen LogP contribution is 2.14. The van der Waals surface area contributed by atoms with E-state index in [0.717, 1.165) is 32.7 Å². The van der Waals surface area contributed by atoms with E-state index in [9.17, 15) is 9.90 Å². The van der Waals surface area contributed by atoms with Crippen molar-refractivity contribution in [1.82, 2.24) is 20.1 Å². The maximum absolute atomic E-state index is 12.1. The van der Waals surface area contributed by atoms with Gasteiger partial charge in [0, 0.05) is 52.5 Å². The van der Waals surface area contributed by atoms with Gasteiger partial charge in [-0.3, -0.25) is 9.69 Å². The van der Waals surface area contributed by atoms with Crippen LogP contribution in [0.25, 0.3) is 0 Å². The molecule has 1 aromatic heterocycles. The lowest BCUT2D eigenvalue weighted by Gasteiger charge is -2.29. The molecule has 0 aliphatic carbocycles. The predicted octanol–water partition coefficient (Wildman–Crippen LogP) is -0.236. The summed E-state index contributed by atoms with van der Waals surface area (Å²) in [5.74, 6) is -0.310. The number of aromatic hydroxyl groups is 1. The van der Waals surface area contributed by atoms with Crippen LogP contribution in [-0.2, 0) is 0 Å². The number of carbonyl (C=O) groups is 1. The molecule has 6 heteroatoms. The smallest absolute Gasteiger partial charge is 0.276 e. The van der Waals surface area contributed by atoms with Crippen LogP contribution in [0, 0.1) is 0 Å². The highest BCUT2D eigenvalue weighted by Gasteiger charge is 2.18. The summed E-state index contributed by atoms with van der Waals surface area (Å²) in [5, 5.41) is 12.9. The number of hydrogen-bond acceptors (Lipinski definition) is 5. The average Bonchev–Trinajstić information content (AvgIpc) is 2.45. The van der Waals surface area contributed by atoms with Crippen LogP contribution in [0.3, 0.4) is 0 Å². The van der Waals surface area contributed by atoms with Gasteiger partial charge in [-0.05, 0) is 12.1 Å². The molecule has 1 amide bonds. The van der Waals surface area contributed by atoms with Crippen LogP contribution < -0.4 is 5.32 Å². The molecule has 104 valence electrons. The van der Waals surface area contributed by atoms with Gasteiger partial charge in [-0.2, -0.15) is 0 Å². The quantitative estimate of drug-likeness (QED) is 0.786. The Balaban J connectivity index is 1.87. The third kappa shape index (κ3) is 3.65. The second-order valence-corrected chi connectivity index (χ2v) is 4.69. The Morgan fingerprint density at radius 2 is 2.26 bits per heavy atom. The minimum absolute atomic E-state index is 0.0680. The Morgan fingerprint density at radius 1 is 1.53 bits per heavy atom. The summed E-state index contributed by atoms with van der Waals surface area (Å²) in [6.07, 6.45) is 1.51. The lowest BCUT2D eigenvalue weighted by molar-refractivity contribution is 0.0766. The minimum Gasteiger partial charge on any atom is -0.505 e. The minimum atomic E-state index is -0.242. The molecule has 2 heterocycles. The van der Waals surface area contributed by atoms with Gasteiger partial charge in [0.05, 0.1) is 0 Å². The molecule has 2 N–H and O–H groups in total. The first-order valence-electron chi connectivity index (χ1n) is 6.51. The van der Waals surface area contributed by atoms with Crippen molar-refractivity contribution in [2.24, 2.45) is 0 Å². The normalized spacial score (nSPS) is 16.3. The van der Waals surface area contributed by atoms with Crippen molar-refractivity contribution >= 4 is 5.91 Å². The topological polar surface area (TPSA) is 68.7 Å². The number of aromatic nitrogens is 1. The molecule has 0 unspecified atom stereocenters. The van der Waals surface area contributed by atoms with Gasteiger partial charge in [0.2, 0.25) is 0 Å². The first-order valence-corrected chi connectivity index (χ1v) is 6.51. The monoisotopic (exact) mass is 264 g/mol. The van der Waals surface area contributed by atoms with E-state index in [0.29, 0.717) is 6.54 Å². The average molecular weight is 264 g/mol. The Bertz CT molecular complexity index is 432. The van der Waals surface area contributed by atoms with Crippen LogP contribution in [0.4, 0.5) is 0 Å². The summed E-state index contributed by atoms with van der Waals surface area (Å²) in [5.41, 5.74) is 0.116. The largest absolute Gasteiger partial charge is 0.505 e. The van der Waals surface area contributed by atoms with Crippen molar-refractivity contribution < 1.29 is 9.90 Å². The Labute approximate surface area is 113 Å². The van der Waals surface area contributed by atoms with E-state index in [4.69, 9.17) is 0 Å². The highest BCUT2D eigenvalue weighted by atomic mass is 16.3. The summed E-state index contributed by atoms with van der Waals surface area (Å²) in [7, 11) is 1.73. The maximum atomic E-state index is 12.1. The second kappa shape index (κ2) is 6.49. The van der Waals surface area contributed by atoms with Gasteiger partial charge in [0.1, 0.15) is 5.75 Å². The van der Waals surface area contributed by atoms with E-state index in [1.165, 1.54) is 12.3 Å².